The lowest BCUT2D eigenvalue weighted by Crippen LogP contribution is -2.37. The predicted molar refractivity (Wildman–Crippen MR) is 69.8 cm³/mol. The van der Waals surface area contributed by atoms with Crippen molar-refractivity contribution in [1.82, 2.24) is 5.43 Å². The van der Waals surface area contributed by atoms with Gasteiger partial charge in [-0.1, -0.05) is 11.6 Å². The molecule has 16 heavy (non-hydrogen) atoms. The smallest absolute Gasteiger partial charge is 0.0931 e. The van der Waals surface area contributed by atoms with E-state index < -0.39 is 0 Å². The number of methoxy groups -OCH3 is 1. The van der Waals surface area contributed by atoms with E-state index in [1.807, 2.05) is 6.07 Å². The predicted octanol–water partition coefficient (Wildman–Crippen LogP) is 2.59. The highest BCUT2D eigenvalue weighted by Crippen LogP contribution is 2.23. The van der Waals surface area contributed by atoms with E-state index >= 15 is 0 Å². The standard InChI is InChI=1S/C11H19ClN2OS/c1-8(15-2)3-4-9(14-13)7-10-5-6-11(12)16-10/h5-6,8-9,14H,3-4,7,13H2,1-2H3. The van der Waals surface area contributed by atoms with E-state index in [-0.39, 0.29) is 12.1 Å². The molecule has 0 saturated heterocycles. The number of thiophene rings is 1. The van der Waals surface area contributed by atoms with E-state index in [9.17, 15) is 0 Å². The first-order valence-corrected chi connectivity index (χ1v) is 6.58. The van der Waals surface area contributed by atoms with Crippen LogP contribution in [0.1, 0.15) is 24.6 Å². The Labute approximate surface area is 106 Å². The third-order valence-corrected chi connectivity index (χ3v) is 3.89. The minimum atomic E-state index is 0.280. The van der Waals surface area contributed by atoms with Crippen LogP contribution in [0.15, 0.2) is 12.1 Å². The van der Waals surface area contributed by atoms with Crippen molar-refractivity contribution in [3.05, 3.63) is 21.3 Å². The topological polar surface area (TPSA) is 47.3 Å². The monoisotopic (exact) mass is 262 g/mol. The Kier molecular flexibility index (Phi) is 6.31. The van der Waals surface area contributed by atoms with Gasteiger partial charge in [0.2, 0.25) is 0 Å². The summed E-state index contributed by atoms with van der Waals surface area (Å²) in [5, 5.41) is 0. The van der Waals surface area contributed by atoms with Crippen LogP contribution in [0.25, 0.3) is 0 Å². The van der Waals surface area contributed by atoms with Gasteiger partial charge >= 0.3 is 0 Å². The van der Waals surface area contributed by atoms with Crippen LogP contribution in [0, 0.1) is 0 Å². The van der Waals surface area contributed by atoms with Gasteiger partial charge in [-0.05, 0) is 38.3 Å². The fourth-order valence-electron chi connectivity index (χ4n) is 1.50. The number of halogens is 1. The molecule has 0 radical (unpaired) electrons. The molecule has 92 valence electrons. The van der Waals surface area contributed by atoms with Gasteiger partial charge < -0.3 is 4.74 Å². The molecule has 0 fully saturated rings. The lowest BCUT2D eigenvalue weighted by Gasteiger charge is -2.17. The van der Waals surface area contributed by atoms with E-state index in [0.717, 1.165) is 23.6 Å². The second-order valence-corrected chi connectivity index (χ2v) is 5.70. The Morgan fingerprint density at radius 2 is 2.25 bits per heavy atom. The lowest BCUT2D eigenvalue weighted by atomic mass is 10.1. The lowest BCUT2D eigenvalue weighted by molar-refractivity contribution is 0.106. The number of rotatable bonds is 7. The molecule has 0 spiro atoms. The van der Waals surface area contributed by atoms with Crippen LogP contribution < -0.4 is 11.3 Å². The second-order valence-electron chi connectivity index (χ2n) is 3.90. The highest BCUT2D eigenvalue weighted by Gasteiger charge is 2.11. The highest BCUT2D eigenvalue weighted by molar-refractivity contribution is 7.16. The molecule has 0 aliphatic rings. The average Bonchev–Trinajstić information content (AvgIpc) is 2.69. The van der Waals surface area contributed by atoms with Crippen molar-refractivity contribution in [2.45, 2.75) is 38.3 Å². The summed E-state index contributed by atoms with van der Waals surface area (Å²) in [4.78, 5) is 1.26. The quantitative estimate of drug-likeness (QED) is 0.587. The fourth-order valence-corrected chi connectivity index (χ4v) is 2.67. The van der Waals surface area contributed by atoms with Gasteiger partial charge in [-0.25, -0.2) is 0 Å². The van der Waals surface area contributed by atoms with E-state index in [1.54, 1.807) is 18.4 Å². The van der Waals surface area contributed by atoms with Crippen molar-refractivity contribution in [3.8, 4) is 0 Å². The van der Waals surface area contributed by atoms with Crippen molar-refractivity contribution in [1.29, 1.82) is 0 Å². The summed E-state index contributed by atoms with van der Waals surface area (Å²) in [5.41, 5.74) is 2.85. The summed E-state index contributed by atoms with van der Waals surface area (Å²) in [6, 6.07) is 4.26. The molecule has 0 amide bonds. The fraction of sp³-hybridized carbons (Fsp3) is 0.636. The molecule has 3 N–H and O–H groups in total. The van der Waals surface area contributed by atoms with Gasteiger partial charge in [0.25, 0.3) is 0 Å². The third-order valence-electron chi connectivity index (χ3n) is 2.64. The average molecular weight is 263 g/mol. The molecule has 0 saturated carbocycles. The molecule has 0 aliphatic heterocycles. The number of ether oxygens (including phenoxy) is 1. The van der Waals surface area contributed by atoms with Crippen molar-refractivity contribution in [2.24, 2.45) is 5.84 Å². The molecule has 3 nitrogen and oxygen atoms in total. The summed E-state index contributed by atoms with van der Waals surface area (Å²) in [7, 11) is 1.73. The normalized spacial score (nSPS) is 15.0. The summed E-state index contributed by atoms with van der Waals surface area (Å²) < 4.78 is 6.04. The maximum Gasteiger partial charge on any atom is 0.0931 e. The Morgan fingerprint density at radius 1 is 1.50 bits per heavy atom. The first kappa shape index (κ1) is 13.9. The highest BCUT2D eigenvalue weighted by atomic mass is 35.5. The van der Waals surface area contributed by atoms with Gasteiger partial charge in [0, 0.05) is 18.0 Å². The zero-order valence-corrected chi connectivity index (χ0v) is 11.3. The Hall–Kier alpha value is -0.130. The number of hydrogen-bond acceptors (Lipinski definition) is 4. The van der Waals surface area contributed by atoms with Crippen LogP contribution in [-0.4, -0.2) is 19.3 Å². The van der Waals surface area contributed by atoms with Crippen LogP contribution in [-0.2, 0) is 11.2 Å². The summed E-state index contributed by atoms with van der Waals surface area (Å²) in [6.45, 7) is 2.07. The zero-order chi connectivity index (χ0) is 12.0. The first-order valence-electron chi connectivity index (χ1n) is 5.38. The van der Waals surface area contributed by atoms with Crippen molar-refractivity contribution in [2.75, 3.05) is 7.11 Å². The zero-order valence-electron chi connectivity index (χ0n) is 9.70. The summed E-state index contributed by atoms with van der Waals surface area (Å²) >= 11 is 7.49. The maximum atomic E-state index is 5.88. The molecule has 2 unspecified atom stereocenters. The van der Waals surface area contributed by atoms with Gasteiger partial charge in [-0.15, -0.1) is 11.3 Å². The minimum absolute atomic E-state index is 0.280. The second kappa shape index (κ2) is 7.25. The minimum Gasteiger partial charge on any atom is -0.382 e. The molecule has 1 aromatic heterocycles. The molecule has 1 aromatic rings. The Morgan fingerprint density at radius 3 is 2.75 bits per heavy atom. The van der Waals surface area contributed by atoms with Crippen LogP contribution in [0.4, 0.5) is 0 Å². The molecule has 5 heteroatoms. The number of hydrogen-bond donors (Lipinski definition) is 2. The Balaban J connectivity index is 2.37. The molecule has 0 bridgehead atoms. The molecule has 1 rings (SSSR count). The van der Waals surface area contributed by atoms with E-state index in [1.165, 1.54) is 4.88 Å². The van der Waals surface area contributed by atoms with E-state index in [4.69, 9.17) is 22.2 Å². The van der Waals surface area contributed by atoms with Gasteiger partial charge in [0.05, 0.1) is 10.4 Å². The van der Waals surface area contributed by atoms with Crippen LogP contribution in [0.5, 0.6) is 0 Å². The third kappa shape index (κ3) is 4.80. The molecule has 0 aliphatic carbocycles. The first-order chi connectivity index (χ1) is 7.65. The van der Waals surface area contributed by atoms with E-state index in [0.29, 0.717) is 0 Å². The summed E-state index contributed by atoms with van der Waals surface area (Å²) in [5.74, 6) is 5.54. The number of hydrazine groups is 1. The van der Waals surface area contributed by atoms with Gasteiger partial charge in [0.1, 0.15) is 0 Å². The molecule has 2 atom stereocenters. The van der Waals surface area contributed by atoms with E-state index in [2.05, 4.69) is 18.4 Å². The molecule has 0 aromatic carbocycles. The number of nitrogens with one attached hydrogen (secondary N) is 1. The summed E-state index contributed by atoms with van der Waals surface area (Å²) in [6.07, 6.45) is 3.21. The van der Waals surface area contributed by atoms with Gasteiger partial charge in [-0.2, -0.15) is 0 Å². The van der Waals surface area contributed by atoms with Gasteiger partial charge in [-0.3, -0.25) is 11.3 Å². The SMILES string of the molecule is COC(C)CCC(Cc1ccc(Cl)s1)NN. The van der Waals surface area contributed by atoms with Crippen molar-refractivity contribution >= 4 is 22.9 Å². The van der Waals surface area contributed by atoms with Crippen molar-refractivity contribution < 1.29 is 4.74 Å². The van der Waals surface area contributed by atoms with Crippen LogP contribution in [0.2, 0.25) is 4.34 Å². The molecule has 1 heterocycles. The van der Waals surface area contributed by atoms with Gasteiger partial charge in [0.15, 0.2) is 0 Å². The maximum absolute atomic E-state index is 5.88. The molecular weight excluding hydrogens is 244 g/mol. The Bertz CT molecular complexity index is 306. The van der Waals surface area contributed by atoms with Crippen LogP contribution >= 0.6 is 22.9 Å². The largest absolute Gasteiger partial charge is 0.382 e. The van der Waals surface area contributed by atoms with Crippen LogP contribution in [0.3, 0.4) is 0 Å². The van der Waals surface area contributed by atoms with Crippen molar-refractivity contribution in [3.63, 3.8) is 0 Å². The number of nitrogens with two attached hydrogens (primary N) is 1. The molecular formula is C11H19ClN2OS.